The Bertz CT molecular complexity index is 1610. The Labute approximate surface area is 257 Å². The van der Waals surface area contributed by atoms with Gasteiger partial charge in [-0.2, -0.15) is 5.10 Å². The zero-order valence-corrected chi connectivity index (χ0v) is 25.9. The molecule has 232 valence electrons. The van der Waals surface area contributed by atoms with Gasteiger partial charge in [-0.1, -0.05) is 25.1 Å². The number of nitrogens with zero attached hydrogens (tertiary/aromatic N) is 2. The van der Waals surface area contributed by atoms with E-state index in [0.29, 0.717) is 30.8 Å². The quantitative estimate of drug-likeness (QED) is 0.103. The maximum atomic E-state index is 14.4. The molecule has 6 nitrogen and oxygen atoms in total. The van der Waals surface area contributed by atoms with Gasteiger partial charge in [0.05, 0.1) is 18.3 Å². The smallest absolute Gasteiger partial charge is 0.306 e. The number of rotatable bonds is 10. The Kier molecular flexibility index (Phi) is 9.79. The van der Waals surface area contributed by atoms with Crippen molar-refractivity contribution in [2.75, 3.05) is 13.2 Å². The minimum Gasteiger partial charge on any atom is -0.494 e. The highest BCUT2D eigenvalue weighted by molar-refractivity contribution is 6.00. The van der Waals surface area contributed by atoms with Crippen molar-refractivity contribution >= 4 is 28.0 Å². The third-order valence-corrected chi connectivity index (χ3v) is 7.54. The first-order valence-electron chi connectivity index (χ1n) is 15.4. The zero-order valence-electron chi connectivity index (χ0n) is 25.9. The van der Waals surface area contributed by atoms with E-state index in [1.54, 1.807) is 0 Å². The number of carbonyl (C=O) groups excluding carboxylic acids is 1. The van der Waals surface area contributed by atoms with Gasteiger partial charge in [0.25, 0.3) is 0 Å². The average molecular weight is 603 g/mol. The lowest BCUT2D eigenvalue weighted by Gasteiger charge is -2.23. The number of halogens is 2. The van der Waals surface area contributed by atoms with E-state index in [1.165, 1.54) is 12.1 Å². The van der Waals surface area contributed by atoms with Crippen molar-refractivity contribution in [1.82, 2.24) is 9.78 Å². The van der Waals surface area contributed by atoms with Crippen molar-refractivity contribution in [2.45, 2.75) is 78.0 Å². The van der Waals surface area contributed by atoms with Crippen molar-refractivity contribution in [1.29, 1.82) is 0 Å². The van der Waals surface area contributed by atoms with E-state index in [0.717, 1.165) is 65.1 Å². The van der Waals surface area contributed by atoms with Gasteiger partial charge in [-0.25, -0.2) is 13.5 Å². The number of fused-ring (bicyclic) bond motifs is 1. The average Bonchev–Trinajstić information content (AvgIpc) is 3.41. The fraction of sp³-hybridized carbons (Fsp3) is 0.389. The maximum Gasteiger partial charge on any atom is 0.306 e. The van der Waals surface area contributed by atoms with Crippen LogP contribution in [0.25, 0.3) is 22.0 Å². The topological polar surface area (TPSA) is 62.6 Å². The summed E-state index contributed by atoms with van der Waals surface area (Å²) in [4.78, 5) is 12.0. The molecule has 2 heterocycles. The summed E-state index contributed by atoms with van der Waals surface area (Å²) in [5.41, 5.74) is 4.44. The lowest BCUT2D eigenvalue weighted by molar-refractivity contribution is -0.155. The summed E-state index contributed by atoms with van der Waals surface area (Å²) >= 11 is 0. The number of benzene rings is 3. The molecule has 3 aromatic carbocycles. The molecule has 44 heavy (non-hydrogen) atoms. The monoisotopic (exact) mass is 602 g/mol. The highest BCUT2D eigenvalue weighted by Gasteiger charge is 2.21. The number of ether oxygens (including phenoxy) is 3. The number of hydrogen-bond donors (Lipinski definition) is 0. The van der Waals surface area contributed by atoms with Crippen molar-refractivity contribution < 1.29 is 27.8 Å². The molecule has 0 radical (unpaired) electrons. The molecule has 1 aliphatic rings. The highest BCUT2D eigenvalue weighted by Crippen LogP contribution is 2.37. The number of allylic oxidation sites excluding steroid dienone is 1. The summed E-state index contributed by atoms with van der Waals surface area (Å²) in [5, 5.41) is 5.60. The van der Waals surface area contributed by atoms with Crippen LogP contribution in [-0.2, 0) is 14.3 Å². The van der Waals surface area contributed by atoms with Gasteiger partial charge in [0.1, 0.15) is 23.0 Å². The molecule has 0 N–H and O–H groups in total. The lowest BCUT2D eigenvalue weighted by Crippen LogP contribution is -2.23. The predicted octanol–water partition coefficient (Wildman–Crippen LogP) is 8.88. The lowest BCUT2D eigenvalue weighted by atomic mass is 9.87. The Morgan fingerprint density at radius 3 is 2.36 bits per heavy atom. The summed E-state index contributed by atoms with van der Waals surface area (Å²) in [7, 11) is 0. The van der Waals surface area contributed by atoms with E-state index in [9.17, 15) is 13.6 Å². The van der Waals surface area contributed by atoms with Gasteiger partial charge in [-0.15, -0.1) is 0 Å². The molecular formula is C36H40F2N2O4. The number of esters is 1. The Balaban J connectivity index is 1.45. The second-order valence-corrected chi connectivity index (χ2v) is 12.1. The SMILES string of the molecule is CCC(=C(c1ccc(OCCCC(=O)OC(C)(C)C)cc1)c1ccc2c(cnn2C2CCCCO2)c1)c1cc(F)cc(F)c1. The van der Waals surface area contributed by atoms with Gasteiger partial charge in [0, 0.05) is 24.5 Å². The van der Waals surface area contributed by atoms with Crippen molar-refractivity contribution in [2.24, 2.45) is 0 Å². The van der Waals surface area contributed by atoms with Crippen LogP contribution in [0.1, 0.15) is 89.1 Å². The fourth-order valence-corrected chi connectivity index (χ4v) is 5.64. The van der Waals surface area contributed by atoms with E-state index in [1.807, 2.05) is 75.0 Å². The van der Waals surface area contributed by atoms with Crippen molar-refractivity contribution in [3.8, 4) is 5.75 Å². The van der Waals surface area contributed by atoms with Gasteiger partial charge in [0.15, 0.2) is 6.23 Å². The summed E-state index contributed by atoms with van der Waals surface area (Å²) < 4.78 is 47.9. The number of carbonyl (C=O) groups is 1. The van der Waals surface area contributed by atoms with E-state index in [4.69, 9.17) is 14.2 Å². The molecule has 1 aromatic heterocycles. The minimum atomic E-state index is -0.621. The van der Waals surface area contributed by atoms with Crippen LogP contribution in [0.3, 0.4) is 0 Å². The Morgan fingerprint density at radius 1 is 0.977 bits per heavy atom. The third kappa shape index (κ3) is 7.72. The first-order valence-corrected chi connectivity index (χ1v) is 15.4. The second kappa shape index (κ2) is 13.7. The molecule has 1 saturated heterocycles. The van der Waals surface area contributed by atoms with E-state index < -0.39 is 17.2 Å². The summed E-state index contributed by atoms with van der Waals surface area (Å²) in [6.45, 7) is 8.62. The molecule has 0 spiro atoms. The minimum absolute atomic E-state index is 0.0831. The van der Waals surface area contributed by atoms with Gasteiger partial charge >= 0.3 is 5.97 Å². The van der Waals surface area contributed by atoms with Crippen molar-refractivity contribution in [3.05, 3.63) is 95.2 Å². The molecule has 5 rings (SSSR count). The molecule has 8 heteroatoms. The van der Waals surface area contributed by atoms with Crippen LogP contribution in [0, 0.1) is 11.6 Å². The summed E-state index contributed by atoms with van der Waals surface area (Å²) in [5.74, 6) is -0.827. The Hall–Kier alpha value is -4.04. The van der Waals surface area contributed by atoms with Gasteiger partial charge < -0.3 is 14.2 Å². The van der Waals surface area contributed by atoms with Gasteiger partial charge in [-0.3, -0.25) is 4.79 Å². The largest absolute Gasteiger partial charge is 0.494 e. The molecule has 0 saturated carbocycles. The predicted molar refractivity (Wildman–Crippen MR) is 168 cm³/mol. The van der Waals surface area contributed by atoms with Crippen LogP contribution in [-0.4, -0.2) is 34.6 Å². The van der Waals surface area contributed by atoms with Gasteiger partial charge in [0.2, 0.25) is 0 Å². The van der Waals surface area contributed by atoms with Crippen molar-refractivity contribution in [3.63, 3.8) is 0 Å². The van der Waals surface area contributed by atoms with Crippen LogP contribution in [0.4, 0.5) is 8.78 Å². The first kappa shape index (κ1) is 31.4. The van der Waals surface area contributed by atoms with E-state index in [2.05, 4.69) is 11.2 Å². The van der Waals surface area contributed by atoms with Crippen LogP contribution >= 0.6 is 0 Å². The van der Waals surface area contributed by atoms with Crippen LogP contribution in [0.15, 0.2) is 66.9 Å². The zero-order chi connectivity index (χ0) is 31.3. The molecule has 1 aliphatic heterocycles. The van der Waals surface area contributed by atoms with E-state index >= 15 is 0 Å². The van der Waals surface area contributed by atoms with E-state index in [-0.39, 0.29) is 18.6 Å². The standard InChI is InChI=1S/C36H40F2N2O4/c1-5-31(26-20-28(37)22-29(38)21-26)35(24-11-14-30(15-12-24)42-18-8-10-34(41)44-36(2,3)4)25-13-16-32-27(19-25)23-39-40(32)33-9-6-7-17-43-33/h11-16,19-23,33H,5-10,17-18H2,1-4H3. The summed E-state index contributed by atoms with van der Waals surface area (Å²) in [6, 6.07) is 17.4. The molecule has 1 unspecified atom stereocenters. The second-order valence-electron chi connectivity index (χ2n) is 12.1. The Morgan fingerprint density at radius 2 is 1.70 bits per heavy atom. The summed E-state index contributed by atoms with van der Waals surface area (Å²) in [6.07, 6.45) is 6.20. The molecule has 0 amide bonds. The fourth-order valence-electron chi connectivity index (χ4n) is 5.64. The molecule has 0 aliphatic carbocycles. The van der Waals surface area contributed by atoms with Crippen LogP contribution in [0.2, 0.25) is 0 Å². The number of hydrogen-bond acceptors (Lipinski definition) is 5. The highest BCUT2D eigenvalue weighted by atomic mass is 19.1. The first-order chi connectivity index (χ1) is 21.1. The maximum absolute atomic E-state index is 14.4. The number of aromatic nitrogens is 2. The molecule has 1 fully saturated rings. The van der Waals surface area contributed by atoms with Gasteiger partial charge in [-0.05, 0) is 117 Å². The normalized spacial score (nSPS) is 16.1. The van der Waals surface area contributed by atoms with Crippen LogP contribution in [0.5, 0.6) is 5.75 Å². The molecule has 0 bridgehead atoms. The molecular weight excluding hydrogens is 562 g/mol. The van der Waals surface area contributed by atoms with Crippen LogP contribution < -0.4 is 4.74 Å². The molecule has 4 aromatic rings. The third-order valence-electron chi connectivity index (χ3n) is 7.54. The molecule has 1 atom stereocenters.